The number of aryl methyl sites for hydroxylation is 1. The lowest BCUT2D eigenvalue weighted by molar-refractivity contribution is -0.138. The molecule has 1 heterocycles. The zero-order chi connectivity index (χ0) is 20.2. The lowest BCUT2D eigenvalue weighted by Crippen LogP contribution is -2.15. The number of nitrogens with zero attached hydrogens (tertiary/aromatic N) is 2. The lowest BCUT2D eigenvalue weighted by atomic mass is 10.0. The fraction of sp³-hybridized carbons (Fsp3) is 0.316. The number of hydrogen-bond donors (Lipinski definition) is 1. The van der Waals surface area contributed by atoms with Crippen LogP contribution in [0, 0.1) is 18.3 Å². The van der Waals surface area contributed by atoms with Crippen LogP contribution in [0.1, 0.15) is 42.1 Å². The van der Waals surface area contributed by atoms with Crippen molar-refractivity contribution in [2.75, 3.05) is 11.1 Å². The standard InChI is InChI=1S/C19H18F3N3OS/c1-11(2)13-5-4-6-14(8-13)25-17(26)10-27-18-15(9-23)16(19(20,21)22)7-12(3)24-18/h4-8,11H,10H2,1-3H3,(H,25,26). The van der Waals surface area contributed by atoms with Gasteiger partial charge in [-0.15, -0.1) is 0 Å². The summed E-state index contributed by atoms with van der Waals surface area (Å²) >= 11 is 0.808. The molecule has 4 nitrogen and oxygen atoms in total. The number of nitrogens with one attached hydrogen (secondary N) is 1. The van der Waals surface area contributed by atoms with Crippen molar-refractivity contribution in [1.29, 1.82) is 5.26 Å². The molecule has 0 bridgehead atoms. The van der Waals surface area contributed by atoms with Crippen molar-refractivity contribution >= 4 is 23.4 Å². The van der Waals surface area contributed by atoms with Gasteiger partial charge in [0.2, 0.25) is 5.91 Å². The van der Waals surface area contributed by atoms with Gasteiger partial charge in [-0.25, -0.2) is 4.98 Å². The number of amides is 1. The molecule has 142 valence electrons. The van der Waals surface area contributed by atoms with E-state index in [1.807, 2.05) is 32.0 Å². The second-order valence-corrected chi connectivity index (χ2v) is 7.18. The average Bonchev–Trinajstić information content (AvgIpc) is 2.58. The van der Waals surface area contributed by atoms with Crippen LogP contribution in [0.2, 0.25) is 0 Å². The van der Waals surface area contributed by atoms with Gasteiger partial charge in [-0.2, -0.15) is 18.4 Å². The first-order valence-electron chi connectivity index (χ1n) is 8.13. The van der Waals surface area contributed by atoms with Gasteiger partial charge in [-0.05, 0) is 36.6 Å². The Kier molecular flexibility index (Phi) is 6.50. The Morgan fingerprint density at radius 1 is 1.33 bits per heavy atom. The molecule has 0 fully saturated rings. The van der Waals surface area contributed by atoms with E-state index in [0.717, 1.165) is 23.4 Å². The smallest absolute Gasteiger partial charge is 0.325 e. The first-order valence-corrected chi connectivity index (χ1v) is 9.12. The molecule has 0 radical (unpaired) electrons. The summed E-state index contributed by atoms with van der Waals surface area (Å²) in [7, 11) is 0. The predicted octanol–water partition coefficient (Wildman–Crippen LogP) is 5.13. The van der Waals surface area contributed by atoms with Gasteiger partial charge in [0.25, 0.3) is 0 Å². The number of anilines is 1. The van der Waals surface area contributed by atoms with Gasteiger partial charge in [-0.1, -0.05) is 37.7 Å². The Morgan fingerprint density at radius 3 is 2.63 bits per heavy atom. The predicted molar refractivity (Wildman–Crippen MR) is 98.6 cm³/mol. The summed E-state index contributed by atoms with van der Waals surface area (Å²) in [4.78, 5) is 16.2. The minimum atomic E-state index is -4.66. The Balaban J connectivity index is 2.15. The molecule has 2 aromatic rings. The van der Waals surface area contributed by atoms with E-state index in [1.54, 1.807) is 12.1 Å². The molecule has 0 aliphatic heterocycles. The Labute approximate surface area is 159 Å². The van der Waals surface area contributed by atoms with E-state index >= 15 is 0 Å². The topological polar surface area (TPSA) is 65.8 Å². The third-order valence-electron chi connectivity index (χ3n) is 3.71. The van der Waals surface area contributed by atoms with Crippen LogP contribution >= 0.6 is 11.8 Å². The number of thioether (sulfide) groups is 1. The highest BCUT2D eigenvalue weighted by Gasteiger charge is 2.35. The third-order valence-corrected chi connectivity index (χ3v) is 4.68. The number of alkyl halides is 3. The van der Waals surface area contributed by atoms with Gasteiger partial charge in [0.1, 0.15) is 11.1 Å². The SMILES string of the molecule is Cc1cc(C(F)(F)F)c(C#N)c(SCC(=O)Nc2cccc(C(C)C)c2)n1. The molecular weight excluding hydrogens is 375 g/mol. The largest absolute Gasteiger partial charge is 0.417 e. The van der Waals surface area contributed by atoms with Crippen LogP contribution in [-0.2, 0) is 11.0 Å². The quantitative estimate of drug-likeness (QED) is 0.715. The van der Waals surface area contributed by atoms with E-state index in [1.165, 1.54) is 6.92 Å². The normalized spacial score (nSPS) is 11.3. The highest BCUT2D eigenvalue weighted by atomic mass is 32.2. The maximum absolute atomic E-state index is 13.1. The van der Waals surface area contributed by atoms with Crippen LogP contribution in [0.15, 0.2) is 35.4 Å². The fourth-order valence-electron chi connectivity index (χ4n) is 2.39. The number of halogens is 3. The number of hydrogen-bond acceptors (Lipinski definition) is 4. The minimum Gasteiger partial charge on any atom is -0.325 e. The van der Waals surface area contributed by atoms with Crippen molar-refractivity contribution in [2.24, 2.45) is 0 Å². The van der Waals surface area contributed by atoms with Crippen molar-refractivity contribution in [3.63, 3.8) is 0 Å². The van der Waals surface area contributed by atoms with E-state index in [-0.39, 0.29) is 22.4 Å². The highest BCUT2D eigenvalue weighted by molar-refractivity contribution is 8.00. The van der Waals surface area contributed by atoms with Crippen LogP contribution in [0.4, 0.5) is 18.9 Å². The molecule has 1 amide bonds. The summed E-state index contributed by atoms with van der Waals surface area (Å²) in [6, 6.07) is 9.75. The zero-order valence-corrected chi connectivity index (χ0v) is 15.8. The molecule has 0 saturated carbocycles. The molecule has 2 rings (SSSR count). The minimum absolute atomic E-state index is 0.101. The number of benzene rings is 1. The molecule has 0 atom stereocenters. The van der Waals surface area contributed by atoms with Crippen molar-refractivity contribution in [2.45, 2.75) is 37.9 Å². The second-order valence-electron chi connectivity index (χ2n) is 6.22. The summed E-state index contributed by atoms with van der Waals surface area (Å²) in [5.41, 5.74) is 0.203. The molecule has 1 aromatic heterocycles. The van der Waals surface area contributed by atoms with Crippen molar-refractivity contribution < 1.29 is 18.0 Å². The molecule has 0 unspecified atom stereocenters. The third kappa shape index (κ3) is 5.47. The summed E-state index contributed by atoms with van der Waals surface area (Å²) in [5.74, 6) is -0.248. The summed E-state index contributed by atoms with van der Waals surface area (Å²) in [6.45, 7) is 5.47. The molecule has 0 spiro atoms. The highest BCUT2D eigenvalue weighted by Crippen LogP contribution is 2.35. The summed E-state index contributed by atoms with van der Waals surface area (Å²) in [6.07, 6.45) is -4.66. The van der Waals surface area contributed by atoms with Gasteiger partial charge in [0, 0.05) is 11.4 Å². The Morgan fingerprint density at radius 2 is 2.04 bits per heavy atom. The van der Waals surface area contributed by atoms with E-state index in [4.69, 9.17) is 5.26 Å². The summed E-state index contributed by atoms with van der Waals surface area (Å²) < 4.78 is 39.4. The van der Waals surface area contributed by atoms with Crippen LogP contribution in [-0.4, -0.2) is 16.6 Å². The number of pyridine rings is 1. The van der Waals surface area contributed by atoms with Crippen molar-refractivity contribution in [3.05, 3.63) is 52.7 Å². The molecule has 0 aliphatic carbocycles. The van der Waals surface area contributed by atoms with Gasteiger partial charge < -0.3 is 5.32 Å². The van der Waals surface area contributed by atoms with Crippen molar-refractivity contribution in [1.82, 2.24) is 4.98 Å². The zero-order valence-electron chi connectivity index (χ0n) is 15.0. The number of nitriles is 1. The summed E-state index contributed by atoms with van der Waals surface area (Å²) in [5, 5.41) is 11.7. The lowest BCUT2D eigenvalue weighted by Gasteiger charge is -2.13. The van der Waals surface area contributed by atoms with Crippen LogP contribution in [0.3, 0.4) is 0 Å². The molecule has 27 heavy (non-hydrogen) atoms. The first-order chi connectivity index (χ1) is 12.6. The monoisotopic (exact) mass is 393 g/mol. The molecule has 0 saturated heterocycles. The first kappa shape index (κ1) is 20.8. The molecule has 1 N–H and O–H groups in total. The maximum Gasteiger partial charge on any atom is 0.417 e. The van der Waals surface area contributed by atoms with E-state index in [9.17, 15) is 18.0 Å². The average molecular weight is 393 g/mol. The second kappa shape index (κ2) is 8.44. The van der Waals surface area contributed by atoms with Crippen LogP contribution in [0.5, 0.6) is 0 Å². The molecule has 0 aliphatic rings. The van der Waals surface area contributed by atoms with Crippen LogP contribution in [0.25, 0.3) is 0 Å². The van der Waals surface area contributed by atoms with Gasteiger partial charge in [0.15, 0.2) is 0 Å². The molecule has 8 heteroatoms. The van der Waals surface area contributed by atoms with E-state index < -0.39 is 17.3 Å². The van der Waals surface area contributed by atoms with E-state index in [2.05, 4.69) is 10.3 Å². The maximum atomic E-state index is 13.1. The number of carbonyl (C=O) groups is 1. The Hall–Kier alpha value is -2.53. The fourth-order valence-corrected chi connectivity index (χ4v) is 3.24. The van der Waals surface area contributed by atoms with E-state index in [0.29, 0.717) is 11.6 Å². The van der Waals surface area contributed by atoms with Gasteiger partial charge >= 0.3 is 6.18 Å². The Bertz CT molecular complexity index is 889. The number of carbonyl (C=O) groups excluding carboxylic acids is 1. The van der Waals surface area contributed by atoms with Gasteiger partial charge in [-0.3, -0.25) is 4.79 Å². The van der Waals surface area contributed by atoms with Crippen molar-refractivity contribution in [3.8, 4) is 6.07 Å². The van der Waals surface area contributed by atoms with Gasteiger partial charge in [0.05, 0.1) is 16.9 Å². The molecule has 1 aromatic carbocycles. The number of rotatable bonds is 5. The van der Waals surface area contributed by atoms with Crippen LogP contribution < -0.4 is 5.32 Å². The number of aromatic nitrogens is 1. The molecular formula is C19H18F3N3OS.